The molecule has 1 unspecified atom stereocenters. The van der Waals surface area contributed by atoms with E-state index in [9.17, 15) is 0 Å². The van der Waals surface area contributed by atoms with Gasteiger partial charge in [0, 0.05) is 24.3 Å². The van der Waals surface area contributed by atoms with E-state index in [2.05, 4.69) is 36.2 Å². The first-order valence-electron chi connectivity index (χ1n) is 7.36. The van der Waals surface area contributed by atoms with Crippen molar-refractivity contribution in [3.8, 4) is 0 Å². The van der Waals surface area contributed by atoms with Crippen molar-refractivity contribution in [2.75, 3.05) is 31.7 Å². The highest BCUT2D eigenvalue weighted by Crippen LogP contribution is 2.30. The average Bonchev–Trinajstić information content (AvgIpc) is 2.55. The van der Waals surface area contributed by atoms with Crippen LogP contribution in [0.2, 0.25) is 0 Å². The zero-order valence-electron chi connectivity index (χ0n) is 13.6. The number of morpholine rings is 1. The molecule has 116 valence electrons. The smallest absolute Gasteiger partial charge is 0.121 e. The summed E-state index contributed by atoms with van der Waals surface area (Å²) in [5.41, 5.74) is 2.81. The van der Waals surface area contributed by atoms with Gasteiger partial charge in [-0.25, -0.2) is 0 Å². The van der Waals surface area contributed by atoms with Gasteiger partial charge in [-0.3, -0.25) is 4.99 Å². The summed E-state index contributed by atoms with van der Waals surface area (Å²) >= 11 is 0. The summed E-state index contributed by atoms with van der Waals surface area (Å²) < 4.78 is 10.8. The van der Waals surface area contributed by atoms with Crippen molar-refractivity contribution < 1.29 is 9.47 Å². The van der Waals surface area contributed by atoms with Crippen LogP contribution in [0.5, 0.6) is 0 Å². The van der Waals surface area contributed by atoms with Crippen molar-refractivity contribution >= 4 is 23.9 Å². The third kappa shape index (κ3) is 4.33. The van der Waals surface area contributed by atoms with E-state index in [0.717, 1.165) is 36.6 Å². The molecule has 1 aromatic rings. The lowest BCUT2D eigenvalue weighted by Gasteiger charge is -2.33. The molecule has 0 saturated carbocycles. The lowest BCUT2D eigenvalue weighted by atomic mass is 10.1. The molecule has 0 amide bonds. The minimum absolute atomic E-state index is 0.250. The zero-order valence-corrected chi connectivity index (χ0v) is 13.6. The highest BCUT2D eigenvalue weighted by atomic mass is 16.5. The van der Waals surface area contributed by atoms with E-state index in [0.29, 0.717) is 5.76 Å². The Bertz CT molecular complexity index is 486. The fraction of sp³-hybridized carbons (Fsp3) is 0.471. The molecule has 1 heterocycles. The summed E-state index contributed by atoms with van der Waals surface area (Å²) in [6.07, 6.45) is 0.250. The molecule has 0 radical (unpaired) electrons. The fourth-order valence-electron chi connectivity index (χ4n) is 2.24. The number of ether oxygens (including phenoxy) is 2. The number of rotatable bonds is 4. The third-order valence-corrected chi connectivity index (χ3v) is 3.30. The molecule has 4 heteroatoms. The van der Waals surface area contributed by atoms with Crippen LogP contribution in [0, 0.1) is 0 Å². The predicted octanol–water partition coefficient (Wildman–Crippen LogP) is 3.89. The maximum absolute atomic E-state index is 5.56. The van der Waals surface area contributed by atoms with Gasteiger partial charge in [-0.2, -0.15) is 0 Å². The van der Waals surface area contributed by atoms with E-state index in [-0.39, 0.29) is 6.10 Å². The molecule has 0 spiro atoms. The van der Waals surface area contributed by atoms with Crippen LogP contribution in [-0.2, 0) is 9.47 Å². The maximum Gasteiger partial charge on any atom is 0.121 e. The number of anilines is 1. The van der Waals surface area contributed by atoms with Gasteiger partial charge in [-0.05, 0) is 31.8 Å². The van der Waals surface area contributed by atoms with Gasteiger partial charge in [0.25, 0.3) is 0 Å². The molecule has 1 aliphatic heterocycles. The van der Waals surface area contributed by atoms with Crippen molar-refractivity contribution in [2.24, 2.45) is 4.99 Å². The van der Waals surface area contributed by atoms with Crippen molar-refractivity contribution in [3.05, 3.63) is 30.3 Å². The SMILES string of the molecule is C=Nc1ccc(N2CCOC(C)C2)cc1C(=C)OC.CC. The molecule has 1 fully saturated rings. The van der Waals surface area contributed by atoms with E-state index >= 15 is 0 Å². The molecule has 0 aliphatic carbocycles. The fourth-order valence-corrected chi connectivity index (χ4v) is 2.24. The molecule has 1 aromatic carbocycles. The number of methoxy groups -OCH3 is 1. The van der Waals surface area contributed by atoms with Gasteiger partial charge in [-0.1, -0.05) is 20.4 Å². The largest absolute Gasteiger partial charge is 0.497 e. The van der Waals surface area contributed by atoms with Crippen LogP contribution in [0.3, 0.4) is 0 Å². The van der Waals surface area contributed by atoms with Crippen LogP contribution in [0.4, 0.5) is 11.4 Å². The van der Waals surface area contributed by atoms with Crippen LogP contribution < -0.4 is 4.90 Å². The first kappa shape index (κ1) is 17.2. The first-order valence-corrected chi connectivity index (χ1v) is 7.36. The molecule has 0 bridgehead atoms. The van der Waals surface area contributed by atoms with Crippen LogP contribution >= 0.6 is 0 Å². The number of nitrogens with zero attached hydrogens (tertiary/aromatic N) is 2. The van der Waals surface area contributed by atoms with Crippen molar-refractivity contribution in [2.45, 2.75) is 26.9 Å². The Balaban J connectivity index is 0.00000106. The Labute approximate surface area is 128 Å². The molecule has 4 nitrogen and oxygen atoms in total. The van der Waals surface area contributed by atoms with Crippen LogP contribution in [0.15, 0.2) is 29.8 Å². The summed E-state index contributed by atoms with van der Waals surface area (Å²) in [5, 5.41) is 0. The monoisotopic (exact) mass is 290 g/mol. The summed E-state index contributed by atoms with van der Waals surface area (Å²) in [5.74, 6) is 0.602. The van der Waals surface area contributed by atoms with Gasteiger partial charge in [0.1, 0.15) is 5.76 Å². The van der Waals surface area contributed by atoms with Crippen LogP contribution in [0.1, 0.15) is 26.3 Å². The molecule has 1 aliphatic rings. The van der Waals surface area contributed by atoms with Crippen LogP contribution in [-0.4, -0.2) is 39.6 Å². The minimum atomic E-state index is 0.250. The quantitative estimate of drug-likeness (QED) is 0.623. The summed E-state index contributed by atoms with van der Waals surface area (Å²) in [4.78, 5) is 6.31. The third-order valence-electron chi connectivity index (χ3n) is 3.30. The minimum Gasteiger partial charge on any atom is -0.497 e. The molecular formula is C17H26N2O2. The predicted molar refractivity (Wildman–Crippen MR) is 90.7 cm³/mol. The van der Waals surface area contributed by atoms with E-state index in [1.54, 1.807) is 7.11 Å². The van der Waals surface area contributed by atoms with Gasteiger partial charge < -0.3 is 14.4 Å². The first-order chi connectivity index (χ1) is 10.2. The summed E-state index contributed by atoms with van der Waals surface area (Å²) in [6.45, 7) is 16.1. The average molecular weight is 290 g/mol. The summed E-state index contributed by atoms with van der Waals surface area (Å²) in [7, 11) is 1.61. The van der Waals surface area contributed by atoms with Gasteiger partial charge in [-0.15, -0.1) is 0 Å². The molecule has 1 saturated heterocycles. The second kappa shape index (κ2) is 8.47. The Morgan fingerprint density at radius 3 is 2.71 bits per heavy atom. The van der Waals surface area contributed by atoms with Crippen molar-refractivity contribution in [1.29, 1.82) is 0 Å². The number of hydrogen-bond donors (Lipinski definition) is 0. The number of hydrogen-bond acceptors (Lipinski definition) is 4. The normalized spacial score (nSPS) is 17.5. The maximum atomic E-state index is 5.56. The van der Waals surface area contributed by atoms with Gasteiger partial charge >= 0.3 is 0 Å². The Kier molecular flexibility index (Phi) is 6.96. The number of benzene rings is 1. The molecule has 0 N–H and O–H groups in total. The van der Waals surface area contributed by atoms with Crippen LogP contribution in [0.25, 0.3) is 5.76 Å². The van der Waals surface area contributed by atoms with Crippen molar-refractivity contribution in [1.82, 2.24) is 0 Å². The second-order valence-corrected chi connectivity index (χ2v) is 4.61. The van der Waals surface area contributed by atoms with Crippen molar-refractivity contribution in [3.63, 3.8) is 0 Å². The van der Waals surface area contributed by atoms with Gasteiger partial charge in [0.05, 0.1) is 25.5 Å². The zero-order chi connectivity index (χ0) is 15.8. The lowest BCUT2D eigenvalue weighted by molar-refractivity contribution is 0.0532. The second-order valence-electron chi connectivity index (χ2n) is 4.61. The molecule has 2 rings (SSSR count). The highest BCUT2D eigenvalue weighted by Gasteiger charge is 2.18. The van der Waals surface area contributed by atoms with E-state index in [1.807, 2.05) is 26.0 Å². The van der Waals surface area contributed by atoms with E-state index in [4.69, 9.17) is 9.47 Å². The lowest BCUT2D eigenvalue weighted by Crippen LogP contribution is -2.41. The molecule has 0 aromatic heterocycles. The standard InChI is InChI=1S/C15H20N2O2.C2H6/c1-11-10-17(7-8-19-11)13-5-6-15(16-3)14(9-13)12(2)18-4;1-2/h5-6,9,11H,2-3,7-8,10H2,1,4H3;1-2H3. The Morgan fingerprint density at radius 2 is 2.14 bits per heavy atom. The Hall–Kier alpha value is -1.81. The molecular weight excluding hydrogens is 264 g/mol. The summed E-state index contributed by atoms with van der Waals surface area (Å²) in [6, 6.07) is 6.05. The molecule has 21 heavy (non-hydrogen) atoms. The van der Waals surface area contributed by atoms with E-state index in [1.165, 1.54) is 0 Å². The van der Waals surface area contributed by atoms with Gasteiger partial charge in [0.2, 0.25) is 0 Å². The molecule has 1 atom stereocenters. The Morgan fingerprint density at radius 1 is 1.43 bits per heavy atom. The van der Waals surface area contributed by atoms with E-state index < -0.39 is 0 Å². The van der Waals surface area contributed by atoms with Gasteiger partial charge in [0.15, 0.2) is 0 Å². The highest BCUT2D eigenvalue weighted by molar-refractivity contribution is 5.74. The number of aliphatic imine (C=N–C) groups is 1. The topological polar surface area (TPSA) is 34.1 Å².